The van der Waals surface area contributed by atoms with Gasteiger partial charge in [0.1, 0.15) is 4.87 Å². The third kappa shape index (κ3) is 2.86. The predicted molar refractivity (Wildman–Crippen MR) is 41.3 cm³/mol. The molecule has 0 atom stereocenters. The van der Waals surface area contributed by atoms with Gasteiger partial charge >= 0.3 is 5.51 Å². The summed E-state index contributed by atoms with van der Waals surface area (Å²) in [6.07, 6.45) is 1.01. The topological polar surface area (TPSA) is 17.1 Å². The number of hydrogen-bond acceptors (Lipinski definition) is 2. The Labute approximate surface area is 76.6 Å². The fourth-order valence-corrected chi connectivity index (χ4v) is 1.48. The Hall–Kier alpha value is 0.1000. The van der Waals surface area contributed by atoms with Crippen LogP contribution < -0.4 is 0 Å². The van der Waals surface area contributed by atoms with E-state index in [9.17, 15) is 18.0 Å². The summed E-state index contributed by atoms with van der Waals surface area (Å²) in [4.78, 5) is 9.96. The molecule has 0 N–H and O–H groups in total. The zero-order chi connectivity index (χ0) is 9.41. The van der Waals surface area contributed by atoms with E-state index in [1.807, 2.05) is 0 Å². The number of carbonyl (C=O) groups is 1. The molecule has 1 aliphatic rings. The first kappa shape index (κ1) is 10.2. The van der Waals surface area contributed by atoms with E-state index in [0.29, 0.717) is 12.8 Å². The van der Waals surface area contributed by atoms with Crippen molar-refractivity contribution in [2.75, 3.05) is 5.75 Å². The van der Waals surface area contributed by atoms with Gasteiger partial charge in [-0.15, -0.1) is 11.6 Å². The van der Waals surface area contributed by atoms with Gasteiger partial charge in [0.2, 0.25) is 0 Å². The molecule has 0 amide bonds. The van der Waals surface area contributed by atoms with Gasteiger partial charge in [0.05, 0.1) is 5.75 Å². The second kappa shape index (κ2) is 3.10. The molecule has 0 saturated heterocycles. The van der Waals surface area contributed by atoms with Crippen LogP contribution in [0.15, 0.2) is 0 Å². The molecule has 0 unspecified atom stereocenters. The molecule has 0 heterocycles. The lowest BCUT2D eigenvalue weighted by Crippen LogP contribution is -2.20. The van der Waals surface area contributed by atoms with Crippen molar-refractivity contribution >= 4 is 29.1 Å². The largest absolute Gasteiger partial charge is 0.442 e. The van der Waals surface area contributed by atoms with E-state index in [0.717, 1.165) is 0 Å². The first-order valence-corrected chi connectivity index (χ1v) is 4.63. The minimum absolute atomic E-state index is 0.325. The van der Waals surface area contributed by atoms with Gasteiger partial charge in [0, 0.05) is 0 Å². The third-order valence-electron chi connectivity index (χ3n) is 1.56. The molecule has 1 rings (SSSR count). The second-order valence-corrected chi connectivity index (χ2v) is 4.39. The highest BCUT2D eigenvalue weighted by Gasteiger charge is 2.48. The summed E-state index contributed by atoms with van der Waals surface area (Å²) < 4.78 is 34.8. The molecule has 0 bridgehead atoms. The van der Waals surface area contributed by atoms with E-state index in [-0.39, 0.29) is 11.8 Å². The van der Waals surface area contributed by atoms with E-state index in [1.165, 1.54) is 0 Å². The lowest BCUT2D eigenvalue weighted by atomic mass is 10.3. The molecule has 1 nitrogen and oxygen atoms in total. The molecule has 70 valence electrons. The number of alkyl halides is 4. The number of Topliss-reactive ketones (excluding diaryl/α,β-unsaturated/α-hetero) is 1. The minimum Gasteiger partial charge on any atom is -0.297 e. The Morgan fingerprint density at radius 1 is 1.50 bits per heavy atom. The molecule has 0 aromatic heterocycles. The van der Waals surface area contributed by atoms with E-state index >= 15 is 0 Å². The highest BCUT2D eigenvalue weighted by Crippen LogP contribution is 2.45. The quantitative estimate of drug-likeness (QED) is 0.678. The molecule has 0 spiro atoms. The average molecular weight is 219 g/mol. The van der Waals surface area contributed by atoms with E-state index in [4.69, 9.17) is 11.6 Å². The average Bonchev–Trinajstić information content (AvgIpc) is 2.62. The highest BCUT2D eigenvalue weighted by molar-refractivity contribution is 8.00. The maximum atomic E-state index is 11.6. The molecule has 1 aliphatic carbocycles. The van der Waals surface area contributed by atoms with Crippen molar-refractivity contribution in [3.8, 4) is 0 Å². The van der Waals surface area contributed by atoms with Crippen LogP contribution in [-0.2, 0) is 4.79 Å². The smallest absolute Gasteiger partial charge is 0.297 e. The Morgan fingerprint density at radius 2 is 2.00 bits per heavy atom. The molecule has 1 saturated carbocycles. The van der Waals surface area contributed by atoms with Crippen LogP contribution in [0.5, 0.6) is 0 Å². The van der Waals surface area contributed by atoms with Gasteiger partial charge in [0.25, 0.3) is 0 Å². The van der Waals surface area contributed by atoms with Crippen LogP contribution in [0, 0.1) is 0 Å². The fourth-order valence-electron chi connectivity index (χ4n) is 0.665. The monoisotopic (exact) mass is 218 g/mol. The highest BCUT2D eigenvalue weighted by atomic mass is 35.5. The molecule has 12 heavy (non-hydrogen) atoms. The van der Waals surface area contributed by atoms with Crippen molar-refractivity contribution in [2.45, 2.75) is 23.2 Å². The summed E-state index contributed by atoms with van der Waals surface area (Å²) in [5.41, 5.74) is -4.34. The number of ketones is 1. The molecule has 0 radical (unpaired) electrons. The van der Waals surface area contributed by atoms with Gasteiger partial charge < -0.3 is 0 Å². The Balaban J connectivity index is 2.29. The molecule has 0 aromatic rings. The second-order valence-electron chi connectivity index (χ2n) is 2.62. The number of halogens is 4. The maximum absolute atomic E-state index is 11.6. The van der Waals surface area contributed by atoms with Gasteiger partial charge in [-0.25, -0.2) is 0 Å². The molecule has 0 aromatic carbocycles. The van der Waals surface area contributed by atoms with Crippen LogP contribution in [0.25, 0.3) is 0 Å². The predicted octanol–water partition coefficient (Wildman–Crippen LogP) is 2.58. The third-order valence-corrected chi connectivity index (χ3v) is 2.88. The van der Waals surface area contributed by atoms with E-state index in [2.05, 4.69) is 0 Å². The van der Waals surface area contributed by atoms with Crippen molar-refractivity contribution in [3.63, 3.8) is 0 Å². The summed E-state index contributed by atoms with van der Waals surface area (Å²) in [6, 6.07) is 0. The van der Waals surface area contributed by atoms with E-state index in [1.54, 1.807) is 0 Å². The Bertz CT molecular complexity index is 199. The van der Waals surface area contributed by atoms with Gasteiger partial charge in [0.15, 0.2) is 5.78 Å². The number of rotatable bonds is 3. The lowest BCUT2D eigenvalue weighted by Gasteiger charge is -2.06. The zero-order valence-corrected chi connectivity index (χ0v) is 7.52. The van der Waals surface area contributed by atoms with Crippen LogP contribution in [0.2, 0.25) is 0 Å². The van der Waals surface area contributed by atoms with Crippen molar-refractivity contribution in [1.82, 2.24) is 0 Å². The van der Waals surface area contributed by atoms with Gasteiger partial charge in [-0.1, -0.05) is 0 Å². The summed E-state index contributed by atoms with van der Waals surface area (Å²) in [6.45, 7) is 0. The number of hydrogen-bond donors (Lipinski definition) is 0. The maximum Gasteiger partial charge on any atom is 0.442 e. The molecule has 6 heteroatoms. The van der Waals surface area contributed by atoms with Gasteiger partial charge in [-0.2, -0.15) is 13.2 Å². The summed E-state index contributed by atoms with van der Waals surface area (Å²) in [7, 11) is 0. The number of thioether (sulfide) groups is 1. The summed E-state index contributed by atoms with van der Waals surface area (Å²) >= 11 is 5.27. The number of carbonyl (C=O) groups excluding carboxylic acids is 1. The minimum atomic E-state index is -4.34. The Morgan fingerprint density at radius 3 is 2.33 bits per heavy atom. The summed E-state index contributed by atoms with van der Waals surface area (Å²) in [5.74, 6) is -1.07. The van der Waals surface area contributed by atoms with Crippen LogP contribution in [0.3, 0.4) is 0 Å². The van der Waals surface area contributed by atoms with Crippen LogP contribution >= 0.6 is 23.4 Å². The van der Waals surface area contributed by atoms with Gasteiger partial charge in [-0.3, -0.25) is 4.79 Å². The van der Waals surface area contributed by atoms with E-state index < -0.39 is 21.9 Å². The zero-order valence-electron chi connectivity index (χ0n) is 5.95. The standard InChI is InChI=1S/C6H6ClF3OS/c7-5(1-2-5)4(11)3-12-6(8,9)10/h1-3H2. The first-order chi connectivity index (χ1) is 5.33. The Kier molecular flexibility index (Phi) is 2.63. The normalized spacial score (nSPS) is 20.7. The SMILES string of the molecule is O=C(CSC(F)(F)F)C1(Cl)CC1. The summed E-state index contributed by atoms with van der Waals surface area (Å²) in [5, 5.41) is 0. The van der Waals surface area contributed by atoms with Crippen molar-refractivity contribution in [3.05, 3.63) is 0 Å². The van der Waals surface area contributed by atoms with Crippen molar-refractivity contribution < 1.29 is 18.0 Å². The molecular formula is C6H6ClF3OS. The van der Waals surface area contributed by atoms with Gasteiger partial charge in [-0.05, 0) is 24.6 Å². The van der Waals surface area contributed by atoms with Crippen LogP contribution in [-0.4, -0.2) is 21.9 Å². The van der Waals surface area contributed by atoms with Crippen molar-refractivity contribution in [1.29, 1.82) is 0 Å². The first-order valence-electron chi connectivity index (χ1n) is 3.26. The molecular weight excluding hydrogens is 213 g/mol. The fraction of sp³-hybridized carbons (Fsp3) is 0.833. The van der Waals surface area contributed by atoms with Crippen LogP contribution in [0.1, 0.15) is 12.8 Å². The van der Waals surface area contributed by atoms with Crippen LogP contribution in [0.4, 0.5) is 13.2 Å². The molecule has 0 aliphatic heterocycles. The van der Waals surface area contributed by atoms with Crippen molar-refractivity contribution in [2.24, 2.45) is 0 Å². The molecule has 1 fully saturated rings. The lowest BCUT2D eigenvalue weighted by molar-refractivity contribution is -0.117.